The molecular weight excluding hydrogens is 538 g/mol. The van der Waals surface area contributed by atoms with E-state index < -0.39 is 8.32 Å². The normalized spacial score (nSPS) is 16.9. The van der Waals surface area contributed by atoms with Gasteiger partial charge in [-0.05, 0) is 115 Å². The van der Waals surface area contributed by atoms with Crippen LogP contribution < -0.4 is 18.8 Å². The molecule has 6 heteroatoms. The lowest BCUT2D eigenvalue weighted by atomic mass is 9.79. The first-order valence-electron chi connectivity index (χ1n) is 15.4. The summed E-state index contributed by atoms with van der Waals surface area (Å²) in [4.78, 5) is 15.8. The van der Waals surface area contributed by atoms with E-state index in [2.05, 4.69) is 93.4 Å². The summed E-state index contributed by atoms with van der Waals surface area (Å²) >= 11 is 0. The minimum absolute atomic E-state index is 0.129. The fraction of sp³-hybridized carbons (Fsp3) is 0.472. The van der Waals surface area contributed by atoms with Gasteiger partial charge in [0.25, 0.3) is 0 Å². The molecular formula is C36H47NO4Si. The highest BCUT2D eigenvalue weighted by Gasteiger charge is 2.39. The molecule has 1 saturated carbocycles. The van der Waals surface area contributed by atoms with Gasteiger partial charge in [-0.3, -0.25) is 4.79 Å². The number of methoxy groups -OCH3 is 2. The SMILES string of the molecule is COc1ccc2c(c1)CCC(c1ccc(OC)cc1N(CCc1ccc(O[Si](C)(C)C(C)(C)C)cc1)C(=O)C1CC1)C2. The fourth-order valence-corrected chi connectivity index (χ4v) is 6.70. The zero-order valence-corrected chi connectivity index (χ0v) is 27.5. The summed E-state index contributed by atoms with van der Waals surface area (Å²) in [5.41, 5.74) is 6.19. The average Bonchev–Trinajstić information content (AvgIpc) is 3.82. The molecule has 2 aliphatic rings. The van der Waals surface area contributed by atoms with E-state index in [4.69, 9.17) is 13.9 Å². The van der Waals surface area contributed by atoms with Crippen molar-refractivity contribution in [2.24, 2.45) is 5.92 Å². The van der Waals surface area contributed by atoms with Gasteiger partial charge in [-0.2, -0.15) is 0 Å². The third kappa shape index (κ3) is 6.70. The minimum atomic E-state index is -1.89. The number of ether oxygens (including phenoxy) is 2. The number of anilines is 1. The van der Waals surface area contributed by atoms with Crippen molar-refractivity contribution >= 4 is 19.9 Å². The van der Waals surface area contributed by atoms with Crippen LogP contribution in [-0.2, 0) is 24.1 Å². The highest BCUT2D eigenvalue weighted by molar-refractivity contribution is 6.74. The lowest BCUT2D eigenvalue weighted by Crippen LogP contribution is -2.43. The molecule has 0 spiro atoms. The van der Waals surface area contributed by atoms with Crippen LogP contribution in [0.3, 0.4) is 0 Å². The maximum Gasteiger partial charge on any atom is 0.250 e. The van der Waals surface area contributed by atoms with Gasteiger partial charge in [-0.15, -0.1) is 0 Å². The smallest absolute Gasteiger partial charge is 0.250 e. The molecule has 3 aromatic rings. The molecule has 1 unspecified atom stereocenters. The van der Waals surface area contributed by atoms with Gasteiger partial charge in [0.05, 0.1) is 19.9 Å². The molecule has 0 saturated heterocycles. The van der Waals surface area contributed by atoms with Gasteiger partial charge in [-0.1, -0.05) is 45.0 Å². The van der Waals surface area contributed by atoms with Crippen molar-refractivity contribution in [1.82, 2.24) is 0 Å². The summed E-state index contributed by atoms with van der Waals surface area (Å²) in [5, 5.41) is 0.150. The number of fused-ring (bicyclic) bond motifs is 1. The Kier molecular flexibility index (Phi) is 8.75. The Hall–Kier alpha value is -3.25. The first-order valence-corrected chi connectivity index (χ1v) is 18.3. The second kappa shape index (κ2) is 12.2. The second-order valence-electron chi connectivity index (χ2n) is 13.5. The summed E-state index contributed by atoms with van der Waals surface area (Å²) in [5.74, 6) is 3.34. The van der Waals surface area contributed by atoms with Crippen molar-refractivity contribution < 1.29 is 18.7 Å². The van der Waals surface area contributed by atoms with Crippen LogP contribution in [0, 0.1) is 5.92 Å². The molecule has 0 N–H and O–H groups in total. The van der Waals surface area contributed by atoms with Crippen LogP contribution in [0.2, 0.25) is 18.1 Å². The summed E-state index contributed by atoms with van der Waals surface area (Å²) < 4.78 is 17.6. The van der Waals surface area contributed by atoms with Crippen LogP contribution in [0.1, 0.15) is 68.2 Å². The van der Waals surface area contributed by atoms with Crippen LogP contribution in [0.5, 0.6) is 17.2 Å². The lowest BCUT2D eigenvalue weighted by molar-refractivity contribution is -0.119. The number of benzene rings is 3. The van der Waals surface area contributed by atoms with E-state index in [0.29, 0.717) is 12.5 Å². The van der Waals surface area contributed by atoms with E-state index in [9.17, 15) is 4.79 Å². The van der Waals surface area contributed by atoms with Crippen LogP contribution in [0.25, 0.3) is 0 Å². The molecule has 0 aromatic heterocycles. The average molecular weight is 586 g/mol. The maximum absolute atomic E-state index is 13.8. The van der Waals surface area contributed by atoms with Crippen molar-refractivity contribution in [1.29, 1.82) is 0 Å². The topological polar surface area (TPSA) is 48.0 Å². The summed E-state index contributed by atoms with van der Waals surface area (Å²) in [6.45, 7) is 12.0. The lowest BCUT2D eigenvalue weighted by Gasteiger charge is -2.36. The third-order valence-corrected chi connectivity index (χ3v) is 13.9. The first kappa shape index (κ1) is 30.2. The Morgan fingerprint density at radius 2 is 1.50 bits per heavy atom. The Bertz CT molecular complexity index is 1400. The summed E-state index contributed by atoms with van der Waals surface area (Å²) in [7, 11) is 1.53. The standard InChI is InChI=1S/C36H47NO4Si/c1-36(2,3)42(6,7)41-30-15-8-25(9-16-30)20-21-37(35(38)26-10-11-26)34-24-32(40-5)18-19-33(34)29-13-12-28-23-31(39-4)17-14-27(28)22-29/h8-9,14-19,23-24,26,29H,10-13,20-22H2,1-7H3. The quantitative estimate of drug-likeness (QED) is 0.224. The molecule has 224 valence electrons. The van der Waals surface area contributed by atoms with Gasteiger partial charge in [0.1, 0.15) is 17.2 Å². The van der Waals surface area contributed by atoms with Gasteiger partial charge >= 0.3 is 0 Å². The Morgan fingerprint density at radius 1 is 0.857 bits per heavy atom. The number of amides is 1. The van der Waals surface area contributed by atoms with Crippen molar-refractivity contribution in [2.45, 2.75) is 83.3 Å². The van der Waals surface area contributed by atoms with Gasteiger partial charge in [0.2, 0.25) is 14.2 Å². The molecule has 1 atom stereocenters. The zero-order valence-electron chi connectivity index (χ0n) is 26.5. The first-order chi connectivity index (χ1) is 20.0. The van der Waals surface area contributed by atoms with E-state index >= 15 is 0 Å². The highest BCUT2D eigenvalue weighted by Crippen LogP contribution is 2.42. The van der Waals surface area contributed by atoms with E-state index in [1.165, 1.54) is 22.3 Å². The van der Waals surface area contributed by atoms with Crippen LogP contribution >= 0.6 is 0 Å². The number of nitrogens with zero attached hydrogens (tertiary/aromatic N) is 1. The predicted molar refractivity (Wildman–Crippen MR) is 174 cm³/mol. The fourth-order valence-electron chi connectivity index (χ4n) is 5.67. The van der Waals surface area contributed by atoms with E-state index in [0.717, 1.165) is 61.5 Å². The van der Waals surface area contributed by atoms with Gasteiger partial charge in [-0.25, -0.2) is 0 Å². The molecule has 0 aliphatic heterocycles. The zero-order chi connectivity index (χ0) is 30.1. The third-order valence-electron chi connectivity index (χ3n) is 9.53. The predicted octanol–water partition coefficient (Wildman–Crippen LogP) is 8.35. The largest absolute Gasteiger partial charge is 0.544 e. The maximum atomic E-state index is 13.8. The van der Waals surface area contributed by atoms with Gasteiger partial charge < -0.3 is 18.8 Å². The number of carbonyl (C=O) groups excluding carboxylic acids is 1. The number of carbonyl (C=O) groups is 1. The van der Waals surface area contributed by atoms with E-state index in [1.54, 1.807) is 14.2 Å². The molecule has 3 aromatic carbocycles. The Balaban J connectivity index is 1.38. The minimum Gasteiger partial charge on any atom is -0.544 e. The van der Waals surface area contributed by atoms with Crippen LogP contribution in [0.4, 0.5) is 5.69 Å². The Morgan fingerprint density at radius 3 is 2.14 bits per heavy atom. The van der Waals surface area contributed by atoms with Crippen molar-refractivity contribution in [3.63, 3.8) is 0 Å². The van der Waals surface area contributed by atoms with Gasteiger partial charge in [0, 0.05) is 18.5 Å². The van der Waals surface area contributed by atoms with Crippen molar-refractivity contribution in [3.8, 4) is 17.2 Å². The number of hydrogen-bond acceptors (Lipinski definition) is 4. The van der Waals surface area contributed by atoms with E-state index in [1.807, 2.05) is 6.07 Å². The molecule has 0 bridgehead atoms. The molecule has 0 heterocycles. The molecule has 5 nitrogen and oxygen atoms in total. The van der Waals surface area contributed by atoms with Crippen LogP contribution in [-0.4, -0.2) is 35.0 Å². The number of hydrogen-bond donors (Lipinski definition) is 0. The van der Waals surface area contributed by atoms with Gasteiger partial charge in [0.15, 0.2) is 0 Å². The summed E-state index contributed by atoms with van der Waals surface area (Å²) in [6.07, 6.45) is 5.74. The van der Waals surface area contributed by atoms with Crippen molar-refractivity contribution in [2.75, 3.05) is 25.7 Å². The molecule has 0 radical (unpaired) electrons. The van der Waals surface area contributed by atoms with Crippen molar-refractivity contribution in [3.05, 3.63) is 82.9 Å². The molecule has 1 fully saturated rings. The highest BCUT2D eigenvalue weighted by atomic mass is 28.4. The molecule has 42 heavy (non-hydrogen) atoms. The van der Waals surface area contributed by atoms with E-state index in [-0.39, 0.29) is 16.9 Å². The molecule has 5 rings (SSSR count). The van der Waals surface area contributed by atoms with Crippen LogP contribution in [0.15, 0.2) is 60.7 Å². The Labute approximate surface area is 253 Å². The monoisotopic (exact) mass is 585 g/mol. The molecule has 2 aliphatic carbocycles. The number of rotatable bonds is 10. The number of aryl methyl sites for hydroxylation is 1. The molecule has 1 amide bonds. The second-order valence-corrected chi connectivity index (χ2v) is 18.2. The summed E-state index contributed by atoms with van der Waals surface area (Å²) in [6, 6.07) is 21.2.